The highest BCUT2D eigenvalue weighted by Gasteiger charge is 2.28. The van der Waals surface area contributed by atoms with Crippen molar-refractivity contribution in [2.45, 2.75) is 58.5 Å². The fourth-order valence-electron chi connectivity index (χ4n) is 2.21. The Morgan fingerprint density at radius 2 is 2.12 bits per heavy atom. The number of nitrogens with one attached hydrogen (secondary N) is 1. The smallest absolute Gasteiger partial charge is 0.238 e. The zero-order valence-corrected chi connectivity index (χ0v) is 11.1. The molecule has 0 spiro atoms. The summed E-state index contributed by atoms with van der Waals surface area (Å²) in [5.74, 6) is 0.305. The van der Waals surface area contributed by atoms with Gasteiger partial charge in [0.15, 0.2) is 0 Å². The lowest BCUT2D eigenvalue weighted by molar-refractivity contribution is -0.123. The number of carbonyl (C=O) groups excluding carboxylic acids is 1. The summed E-state index contributed by atoms with van der Waals surface area (Å²) in [5, 5.41) is 11.7. The summed E-state index contributed by atoms with van der Waals surface area (Å²) in [6, 6.07) is 0. The van der Waals surface area contributed by atoms with Gasteiger partial charge in [-0.15, -0.1) is 0 Å². The van der Waals surface area contributed by atoms with Gasteiger partial charge in [0.25, 0.3) is 0 Å². The molecular formula is C13H26N2O2. The van der Waals surface area contributed by atoms with Crippen LogP contribution in [0.2, 0.25) is 0 Å². The largest absolute Gasteiger partial charge is 0.393 e. The number of aliphatic hydroxyl groups is 1. The van der Waals surface area contributed by atoms with Crippen LogP contribution in [0.5, 0.6) is 0 Å². The zero-order valence-electron chi connectivity index (χ0n) is 11.1. The Morgan fingerprint density at radius 3 is 2.71 bits per heavy atom. The van der Waals surface area contributed by atoms with Crippen LogP contribution in [0.1, 0.15) is 52.4 Å². The lowest BCUT2D eigenvalue weighted by Crippen LogP contribution is -2.34. The van der Waals surface area contributed by atoms with Crippen molar-refractivity contribution in [2.24, 2.45) is 5.92 Å². The Morgan fingerprint density at radius 1 is 1.41 bits per heavy atom. The van der Waals surface area contributed by atoms with E-state index in [0.717, 1.165) is 51.6 Å². The topological polar surface area (TPSA) is 52.6 Å². The van der Waals surface area contributed by atoms with Crippen molar-refractivity contribution in [1.82, 2.24) is 10.4 Å². The first-order valence-electron chi connectivity index (χ1n) is 6.90. The van der Waals surface area contributed by atoms with E-state index in [0.29, 0.717) is 0 Å². The van der Waals surface area contributed by atoms with Crippen molar-refractivity contribution in [1.29, 1.82) is 0 Å². The third-order valence-electron chi connectivity index (χ3n) is 3.43. The number of hydrogen-bond acceptors (Lipinski definition) is 3. The molecule has 0 aromatic heterocycles. The van der Waals surface area contributed by atoms with Crippen LogP contribution in [0, 0.1) is 5.92 Å². The van der Waals surface area contributed by atoms with Gasteiger partial charge >= 0.3 is 0 Å². The van der Waals surface area contributed by atoms with Crippen molar-refractivity contribution < 1.29 is 9.90 Å². The molecule has 17 heavy (non-hydrogen) atoms. The molecule has 0 aliphatic carbocycles. The molecular weight excluding hydrogens is 216 g/mol. The van der Waals surface area contributed by atoms with Crippen molar-refractivity contribution in [2.75, 3.05) is 13.1 Å². The standard InChI is InChI=1S/C13H26N2O2/c1-3-5-7-12(16)8-6-9-15-10-11(4-2)13(17)14-15/h11-12,16H,3-10H2,1-2H3,(H,14,17). The highest BCUT2D eigenvalue weighted by atomic mass is 16.3. The summed E-state index contributed by atoms with van der Waals surface area (Å²) in [7, 11) is 0. The highest BCUT2D eigenvalue weighted by molar-refractivity contribution is 5.80. The summed E-state index contributed by atoms with van der Waals surface area (Å²) in [6.07, 6.45) is 5.65. The minimum Gasteiger partial charge on any atom is -0.393 e. The second kappa shape index (κ2) is 7.67. The number of rotatable bonds is 8. The molecule has 0 bridgehead atoms. The Bertz CT molecular complexity index is 233. The molecule has 0 aromatic carbocycles. The molecule has 1 aliphatic rings. The molecule has 100 valence electrons. The van der Waals surface area contributed by atoms with Gasteiger partial charge in [-0.3, -0.25) is 10.2 Å². The van der Waals surface area contributed by atoms with Crippen LogP contribution >= 0.6 is 0 Å². The van der Waals surface area contributed by atoms with Gasteiger partial charge in [0, 0.05) is 13.1 Å². The summed E-state index contributed by atoms with van der Waals surface area (Å²) in [4.78, 5) is 11.5. The normalized spacial score (nSPS) is 22.8. The van der Waals surface area contributed by atoms with E-state index >= 15 is 0 Å². The minimum absolute atomic E-state index is 0.152. The fourth-order valence-corrected chi connectivity index (χ4v) is 2.21. The number of hydrogen-bond donors (Lipinski definition) is 2. The van der Waals surface area contributed by atoms with Gasteiger partial charge in [-0.1, -0.05) is 26.7 Å². The summed E-state index contributed by atoms with van der Waals surface area (Å²) >= 11 is 0. The average molecular weight is 242 g/mol. The number of hydrazine groups is 1. The summed E-state index contributed by atoms with van der Waals surface area (Å²) in [5.41, 5.74) is 2.88. The Hall–Kier alpha value is -0.610. The number of unbranched alkanes of at least 4 members (excludes halogenated alkanes) is 1. The summed E-state index contributed by atoms with van der Waals surface area (Å²) < 4.78 is 0. The van der Waals surface area contributed by atoms with Gasteiger partial charge in [0.2, 0.25) is 5.91 Å². The molecule has 2 atom stereocenters. The van der Waals surface area contributed by atoms with Gasteiger partial charge < -0.3 is 5.11 Å². The van der Waals surface area contributed by atoms with E-state index in [1.54, 1.807) is 0 Å². The molecule has 4 nitrogen and oxygen atoms in total. The van der Waals surface area contributed by atoms with Crippen molar-refractivity contribution >= 4 is 5.91 Å². The molecule has 0 saturated carbocycles. The van der Waals surface area contributed by atoms with Gasteiger partial charge in [0.05, 0.1) is 12.0 Å². The SMILES string of the molecule is CCCCC(O)CCCN1CC(CC)C(=O)N1. The number of aliphatic hydroxyl groups excluding tert-OH is 1. The third kappa shape index (κ3) is 5.04. The number of carbonyl (C=O) groups is 1. The predicted molar refractivity (Wildman–Crippen MR) is 68.3 cm³/mol. The highest BCUT2D eigenvalue weighted by Crippen LogP contribution is 2.13. The molecule has 1 fully saturated rings. The van der Waals surface area contributed by atoms with E-state index in [9.17, 15) is 9.90 Å². The molecule has 4 heteroatoms. The van der Waals surface area contributed by atoms with E-state index < -0.39 is 0 Å². The van der Waals surface area contributed by atoms with Crippen LogP contribution < -0.4 is 5.43 Å². The minimum atomic E-state index is -0.171. The first-order chi connectivity index (χ1) is 8.17. The van der Waals surface area contributed by atoms with E-state index in [-0.39, 0.29) is 17.9 Å². The maximum absolute atomic E-state index is 11.5. The van der Waals surface area contributed by atoms with Crippen LogP contribution in [-0.2, 0) is 4.79 Å². The van der Waals surface area contributed by atoms with Crippen LogP contribution in [-0.4, -0.2) is 35.2 Å². The number of nitrogens with zero attached hydrogens (tertiary/aromatic N) is 1. The van der Waals surface area contributed by atoms with E-state index in [2.05, 4.69) is 12.3 Å². The van der Waals surface area contributed by atoms with Gasteiger partial charge in [-0.05, 0) is 25.7 Å². The lowest BCUT2D eigenvalue weighted by Gasteiger charge is -2.16. The Labute approximate surface area is 104 Å². The second-order valence-corrected chi connectivity index (χ2v) is 4.97. The monoisotopic (exact) mass is 242 g/mol. The van der Waals surface area contributed by atoms with Crippen LogP contribution in [0.25, 0.3) is 0 Å². The molecule has 1 rings (SSSR count). The second-order valence-electron chi connectivity index (χ2n) is 4.97. The van der Waals surface area contributed by atoms with E-state index in [1.165, 1.54) is 0 Å². The van der Waals surface area contributed by atoms with Gasteiger partial charge in [-0.2, -0.15) is 0 Å². The van der Waals surface area contributed by atoms with Crippen molar-refractivity contribution in [3.05, 3.63) is 0 Å². The molecule has 2 N–H and O–H groups in total. The molecule has 2 unspecified atom stereocenters. The van der Waals surface area contributed by atoms with E-state index in [1.807, 2.05) is 11.9 Å². The first-order valence-corrected chi connectivity index (χ1v) is 6.90. The zero-order chi connectivity index (χ0) is 12.7. The Kier molecular flexibility index (Phi) is 6.52. The Balaban J connectivity index is 2.09. The molecule has 1 heterocycles. The molecule has 1 amide bonds. The van der Waals surface area contributed by atoms with Gasteiger partial charge in [0.1, 0.15) is 0 Å². The van der Waals surface area contributed by atoms with Crippen LogP contribution in [0.4, 0.5) is 0 Å². The van der Waals surface area contributed by atoms with Crippen LogP contribution in [0.15, 0.2) is 0 Å². The molecule has 0 aromatic rings. The summed E-state index contributed by atoms with van der Waals surface area (Å²) in [6.45, 7) is 5.85. The van der Waals surface area contributed by atoms with Crippen molar-refractivity contribution in [3.8, 4) is 0 Å². The molecule has 0 radical (unpaired) electrons. The molecule has 1 saturated heterocycles. The fraction of sp³-hybridized carbons (Fsp3) is 0.923. The maximum atomic E-state index is 11.5. The quantitative estimate of drug-likeness (QED) is 0.681. The molecule has 1 aliphatic heterocycles. The van der Waals surface area contributed by atoms with Gasteiger partial charge in [-0.25, -0.2) is 5.01 Å². The maximum Gasteiger partial charge on any atom is 0.238 e. The van der Waals surface area contributed by atoms with E-state index in [4.69, 9.17) is 0 Å². The lowest BCUT2D eigenvalue weighted by atomic mass is 10.1. The first kappa shape index (κ1) is 14.5. The third-order valence-corrected chi connectivity index (χ3v) is 3.43. The predicted octanol–water partition coefficient (Wildman–Crippen LogP) is 1.69. The van der Waals surface area contributed by atoms with Crippen molar-refractivity contribution in [3.63, 3.8) is 0 Å². The number of amides is 1. The van der Waals surface area contributed by atoms with Crippen LogP contribution in [0.3, 0.4) is 0 Å². The average Bonchev–Trinajstić information content (AvgIpc) is 2.67.